The lowest BCUT2D eigenvalue weighted by molar-refractivity contribution is 0.660. The Morgan fingerprint density at radius 2 is 1.11 bits per heavy atom. The van der Waals surface area contributed by atoms with E-state index in [4.69, 9.17) is 0 Å². The predicted molar refractivity (Wildman–Crippen MR) is 149 cm³/mol. The lowest BCUT2D eigenvalue weighted by atomic mass is 9.82. The largest absolute Gasteiger partial charge is 0.310 e. The Morgan fingerprint density at radius 1 is 0.514 bits per heavy atom. The summed E-state index contributed by atoms with van der Waals surface area (Å²) in [6.45, 7) is 6.87. The number of hydrogen-bond donors (Lipinski definition) is 0. The second-order valence-corrected chi connectivity index (χ2v) is 9.94. The van der Waals surface area contributed by atoms with Crippen LogP contribution in [0.5, 0.6) is 0 Å². The third-order valence-electron chi connectivity index (χ3n) is 7.41. The zero-order chi connectivity index (χ0) is 24.0. The molecule has 6 rings (SSSR count). The third kappa shape index (κ3) is 3.56. The number of fused-ring (bicyclic) bond motifs is 3. The molecule has 0 saturated heterocycles. The molecule has 0 N–H and O–H groups in total. The van der Waals surface area contributed by atoms with Gasteiger partial charge in [0.15, 0.2) is 0 Å². The number of hydrogen-bond acceptors (Lipinski definition) is 1. The molecule has 0 bridgehead atoms. The molecule has 1 heteroatoms. The lowest BCUT2D eigenvalue weighted by Gasteiger charge is -2.29. The van der Waals surface area contributed by atoms with Crippen molar-refractivity contribution >= 4 is 17.1 Å². The predicted octanol–water partition coefficient (Wildman–Crippen LogP) is 9.44. The Labute approximate surface area is 208 Å². The quantitative estimate of drug-likeness (QED) is 0.263. The van der Waals surface area contributed by atoms with E-state index < -0.39 is 0 Å². The molecule has 35 heavy (non-hydrogen) atoms. The highest BCUT2D eigenvalue weighted by Crippen LogP contribution is 2.50. The van der Waals surface area contributed by atoms with E-state index in [2.05, 4.69) is 147 Å². The average Bonchev–Trinajstić information content (AvgIpc) is 3.13. The van der Waals surface area contributed by atoms with Crippen LogP contribution in [0.2, 0.25) is 0 Å². The minimum Gasteiger partial charge on any atom is -0.310 e. The van der Waals surface area contributed by atoms with Crippen molar-refractivity contribution in [1.82, 2.24) is 0 Å². The number of aryl methyl sites for hydroxylation is 1. The Bertz CT molecular complexity index is 1510. The molecule has 0 amide bonds. The summed E-state index contributed by atoms with van der Waals surface area (Å²) in [6.07, 6.45) is 0. The van der Waals surface area contributed by atoms with Crippen LogP contribution in [-0.4, -0.2) is 0 Å². The molecule has 5 aromatic rings. The summed E-state index contributed by atoms with van der Waals surface area (Å²) in [4.78, 5) is 2.39. The molecule has 0 radical (unpaired) electrons. The van der Waals surface area contributed by atoms with E-state index in [0.717, 1.165) is 5.69 Å². The maximum absolute atomic E-state index is 2.40. The second-order valence-electron chi connectivity index (χ2n) is 9.94. The third-order valence-corrected chi connectivity index (χ3v) is 7.41. The number of benzene rings is 5. The van der Waals surface area contributed by atoms with Gasteiger partial charge in [-0.25, -0.2) is 0 Å². The monoisotopic (exact) mass is 451 g/mol. The summed E-state index contributed by atoms with van der Waals surface area (Å²) in [5, 5.41) is 0. The van der Waals surface area contributed by atoms with Gasteiger partial charge in [-0.05, 0) is 76.2 Å². The van der Waals surface area contributed by atoms with Gasteiger partial charge in [0.2, 0.25) is 0 Å². The Morgan fingerprint density at radius 3 is 1.89 bits per heavy atom. The van der Waals surface area contributed by atoms with Gasteiger partial charge >= 0.3 is 0 Å². The van der Waals surface area contributed by atoms with E-state index in [9.17, 15) is 0 Å². The van der Waals surface area contributed by atoms with Crippen LogP contribution in [0.3, 0.4) is 0 Å². The van der Waals surface area contributed by atoms with Crippen molar-refractivity contribution in [2.75, 3.05) is 4.90 Å². The maximum Gasteiger partial charge on any atom is 0.0490 e. The molecule has 0 unspecified atom stereocenters. The molecular formula is C34H29N. The fourth-order valence-corrected chi connectivity index (χ4v) is 5.51. The van der Waals surface area contributed by atoms with E-state index in [1.807, 2.05) is 0 Å². The summed E-state index contributed by atoms with van der Waals surface area (Å²) in [5.41, 5.74) is 12.7. The van der Waals surface area contributed by atoms with Gasteiger partial charge in [0.1, 0.15) is 0 Å². The molecule has 0 fully saturated rings. The molecule has 0 atom stereocenters. The topological polar surface area (TPSA) is 3.24 Å². The van der Waals surface area contributed by atoms with E-state index in [0.29, 0.717) is 0 Å². The van der Waals surface area contributed by atoms with Crippen LogP contribution in [0.25, 0.3) is 22.3 Å². The van der Waals surface area contributed by atoms with Crippen LogP contribution >= 0.6 is 0 Å². The minimum absolute atomic E-state index is 0.0312. The van der Waals surface area contributed by atoms with Gasteiger partial charge in [0.25, 0.3) is 0 Å². The van der Waals surface area contributed by atoms with Crippen LogP contribution in [0.15, 0.2) is 121 Å². The van der Waals surface area contributed by atoms with Crippen LogP contribution in [-0.2, 0) is 5.41 Å². The fraction of sp³-hybridized carbons (Fsp3) is 0.118. The van der Waals surface area contributed by atoms with Crippen molar-refractivity contribution in [3.8, 4) is 22.3 Å². The highest BCUT2D eigenvalue weighted by atomic mass is 15.1. The zero-order valence-corrected chi connectivity index (χ0v) is 20.5. The fourth-order valence-electron chi connectivity index (χ4n) is 5.51. The normalized spacial score (nSPS) is 13.2. The van der Waals surface area contributed by atoms with Crippen molar-refractivity contribution in [3.63, 3.8) is 0 Å². The van der Waals surface area contributed by atoms with Gasteiger partial charge in [0, 0.05) is 22.5 Å². The first-order valence-electron chi connectivity index (χ1n) is 12.3. The molecule has 5 aromatic carbocycles. The lowest BCUT2D eigenvalue weighted by Crippen LogP contribution is -2.16. The van der Waals surface area contributed by atoms with Crippen molar-refractivity contribution in [2.45, 2.75) is 26.2 Å². The van der Waals surface area contributed by atoms with Gasteiger partial charge < -0.3 is 4.90 Å². The van der Waals surface area contributed by atoms with Crippen molar-refractivity contribution < 1.29 is 0 Å². The standard InChI is InChI=1S/C34H29N/c1-24-11-7-10-16-33(24)35(27-19-17-26(18-20-27)25-12-5-4-6-13-25)28-21-22-30-29-14-8-9-15-31(29)34(2,3)32(30)23-28/h4-23H,1-3H3. The maximum atomic E-state index is 2.40. The van der Waals surface area contributed by atoms with Gasteiger partial charge in [-0.2, -0.15) is 0 Å². The molecule has 1 nitrogen and oxygen atoms in total. The smallest absolute Gasteiger partial charge is 0.0490 e. The second kappa shape index (κ2) is 8.29. The zero-order valence-electron chi connectivity index (χ0n) is 20.5. The first-order valence-corrected chi connectivity index (χ1v) is 12.3. The van der Waals surface area contributed by atoms with Crippen LogP contribution in [0, 0.1) is 6.92 Å². The molecule has 170 valence electrons. The van der Waals surface area contributed by atoms with Crippen LogP contribution in [0.4, 0.5) is 17.1 Å². The Balaban J connectivity index is 1.49. The van der Waals surface area contributed by atoms with Crippen molar-refractivity contribution in [3.05, 3.63) is 138 Å². The molecule has 0 heterocycles. The summed E-state index contributed by atoms with van der Waals surface area (Å²) < 4.78 is 0. The number of rotatable bonds is 4. The molecule has 0 aliphatic heterocycles. The molecular weight excluding hydrogens is 422 g/mol. The van der Waals surface area contributed by atoms with Gasteiger partial charge in [0.05, 0.1) is 0 Å². The summed E-state index contributed by atoms with van der Waals surface area (Å²) >= 11 is 0. The average molecular weight is 452 g/mol. The summed E-state index contributed by atoms with van der Waals surface area (Å²) in [6, 6.07) is 43.9. The molecule has 0 spiro atoms. The number of nitrogens with zero attached hydrogens (tertiary/aromatic N) is 1. The SMILES string of the molecule is Cc1ccccc1N(c1ccc(-c2ccccc2)cc1)c1ccc2c(c1)C(C)(C)c1ccccc1-2. The highest BCUT2D eigenvalue weighted by molar-refractivity contribution is 5.86. The summed E-state index contributed by atoms with van der Waals surface area (Å²) in [7, 11) is 0. The molecule has 1 aliphatic rings. The first kappa shape index (κ1) is 21.4. The highest BCUT2D eigenvalue weighted by Gasteiger charge is 2.35. The first-order chi connectivity index (χ1) is 17.0. The van der Waals surface area contributed by atoms with Gasteiger partial charge in [-0.15, -0.1) is 0 Å². The Kier molecular flexibility index (Phi) is 5.07. The van der Waals surface area contributed by atoms with Crippen LogP contribution in [0.1, 0.15) is 30.5 Å². The van der Waals surface area contributed by atoms with E-state index in [1.54, 1.807) is 0 Å². The Hall–Kier alpha value is -4.10. The van der Waals surface area contributed by atoms with Crippen LogP contribution < -0.4 is 4.90 Å². The molecule has 1 aliphatic carbocycles. The van der Waals surface area contributed by atoms with E-state index in [1.165, 1.54) is 50.3 Å². The van der Waals surface area contributed by atoms with Gasteiger partial charge in [-0.3, -0.25) is 0 Å². The van der Waals surface area contributed by atoms with Crippen molar-refractivity contribution in [1.29, 1.82) is 0 Å². The molecule has 0 aromatic heterocycles. The number of para-hydroxylation sites is 1. The van der Waals surface area contributed by atoms with Crippen molar-refractivity contribution in [2.24, 2.45) is 0 Å². The minimum atomic E-state index is -0.0312. The van der Waals surface area contributed by atoms with E-state index in [-0.39, 0.29) is 5.41 Å². The summed E-state index contributed by atoms with van der Waals surface area (Å²) in [5.74, 6) is 0. The van der Waals surface area contributed by atoms with E-state index >= 15 is 0 Å². The van der Waals surface area contributed by atoms with Gasteiger partial charge in [-0.1, -0.05) is 105 Å². The number of anilines is 3. The molecule has 0 saturated carbocycles.